The van der Waals surface area contributed by atoms with Gasteiger partial charge in [-0.05, 0) is 37.2 Å². The number of halogens is 1. The SMILES string of the molecule is Fc1ccccc1NC(=S)NC1CCCCCC1. The molecule has 2 nitrogen and oxygen atoms in total. The monoisotopic (exact) mass is 266 g/mol. The zero-order chi connectivity index (χ0) is 12.8. The maximum absolute atomic E-state index is 13.4. The molecule has 1 aliphatic carbocycles. The Morgan fingerprint density at radius 1 is 1.11 bits per heavy atom. The third-order valence-corrected chi connectivity index (χ3v) is 3.53. The van der Waals surface area contributed by atoms with Gasteiger partial charge in [-0.3, -0.25) is 0 Å². The highest BCUT2D eigenvalue weighted by molar-refractivity contribution is 7.80. The summed E-state index contributed by atoms with van der Waals surface area (Å²) in [5, 5.41) is 6.73. The number of para-hydroxylation sites is 1. The van der Waals surface area contributed by atoms with Gasteiger partial charge in [0.15, 0.2) is 5.11 Å². The summed E-state index contributed by atoms with van der Waals surface area (Å²) in [6, 6.07) is 7.01. The number of nitrogens with one attached hydrogen (secondary N) is 2. The van der Waals surface area contributed by atoms with Gasteiger partial charge in [0.1, 0.15) is 5.82 Å². The second kappa shape index (κ2) is 6.69. The Hall–Kier alpha value is -1.16. The highest BCUT2D eigenvalue weighted by Crippen LogP contribution is 2.18. The molecule has 18 heavy (non-hydrogen) atoms. The van der Waals surface area contributed by atoms with Crippen molar-refractivity contribution in [2.24, 2.45) is 0 Å². The van der Waals surface area contributed by atoms with Gasteiger partial charge in [-0.1, -0.05) is 37.8 Å². The van der Waals surface area contributed by atoms with Crippen LogP contribution in [-0.2, 0) is 0 Å². The molecule has 1 aromatic carbocycles. The Balaban J connectivity index is 1.86. The van der Waals surface area contributed by atoms with Crippen molar-refractivity contribution >= 4 is 23.0 Å². The van der Waals surface area contributed by atoms with E-state index in [0.29, 0.717) is 16.8 Å². The molecule has 98 valence electrons. The van der Waals surface area contributed by atoms with Crippen molar-refractivity contribution in [1.82, 2.24) is 5.32 Å². The van der Waals surface area contributed by atoms with Crippen LogP contribution >= 0.6 is 12.2 Å². The van der Waals surface area contributed by atoms with E-state index in [-0.39, 0.29) is 5.82 Å². The van der Waals surface area contributed by atoms with Crippen LogP contribution in [-0.4, -0.2) is 11.2 Å². The minimum Gasteiger partial charge on any atom is -0.360 e. The topological polar surface area (TPSA) is 24.1 Å². The van der Waals surface area contributed by atoms with Crippen molar-refractivity contribution in [2.75, 3.05) is 5.32 Å². The van der Waals surface area contributed by atoms with Crippen LogP contribution < -0.4 is 10.6 Å². The summed E-state index contributed by atoms with van der Waals surface area (Å²) >= 11 is 5.23. The number of hydrogen-bond acceptors (Lipinski definition) is 1. The molecule has 0 amide bonds. The number of thiocarbonyl (C=S) groups is 1. The first-order valence-corrected chi connectivity index (χ1v) is 6.98. The molecule has 0 bridgehead atoms. The number of hydrogen-bond donors (Lipinski definition) is 2. The van der Waals surface area contributed by atoms with Crippen LogP contribution in [0.5, 0.6) is 0 Å². The molecule has 4 heteroatoms. The van der Waals surface area contributed by atoms with Crippen LogP contribution in [0.1, 0.15) is 38.5 Å². The van der Waals surface area contributed by atoms with Gasteiger partial charge in [0.2, 0.25) is 0 Å². The van der Waals surface area contributed by atoms with E-state index in [4.69, 9.17) is 12.2 Å². The summed E-state index contributed by atoms with van der Waals surface area (Å²) < 4.78 is 13.4. The Labute approximate surface area is 113 Å². The van der Waals surface area contributed by atoms with Crippen LogP contribution in [0.2, 0.25) is 0 Å². The largest absolute Gasteiger partial charge is 0.360 e. The summed E-state index contributed by atoms with van der Waals surface area (Å²) in [6.07, 6.45) is 7.43. The van der Waals surface area contributed by atoms with Crippen molar-refractivity contribution in [3.8, 4) is 0 Å². The van der Waals surface area contributed by atoms with E-state index in [9.17, 15) is 4.39 Å². The number of benzene rings is 1. The summed E-state index contributed by atoms with van der Waals surface area (Å²) in [5.74, 6) is -0.275. The molecule has 1 aliphatic rings. The first-order valence-electron chi connectivity index (χ1n) is 6.58. The summed E-state index contributed by atoms with van der Waals surface area (Å²) in [6.45, 7) is 0. The van der Waals surface area contributed by atoms with Gasteiger partial charge in [-0.25, -0.2) is 4.39 Å². The van der Waals surface area contributed by atoms with E-state index in [1.54, 1.807) is 18.2 Å². The third-order valence-electron chi connectivity index (χ3n) is 3.31. The first-order chi connectivity index (χ1) is 8.75. The van der Waals surface area contributed by atoms with Gasteiger partial charge in [0.05, 0.1) is 5.69 Å². The molecule has 0 radical (unpaired) electrons. The van der Waals surface area contributed by atoms with E-state index in [1.165, 1.54) is 31.7 Å². The van der Waals surface area contributed by atoms with Gasteiger partial charge < -0.3 is 10.6 Å². The smallest absolute Gasteiger partial charge is 0.171 e. The molecule has 1 saturated carbocycles. The van der Waals surface area contributed by atoms with E-state index < -0.39 is 0 Å². The molecular formula is C14H19FN2S. The predicted molar refractivity (Wildman–Crippen MR) is 77.2 cm³/mol. The predicted octanol–water partition coefficient (Wildman–Crippen LogP) is 3.83. The van der Waals surface area contributed by atoms with Crippen LogP contribution in [0.15, 0.2) is 24.3 Å². The summed E-state index contributed by atoms with van der Waals surface area (Å²) in [4.78, 5) is 0. The van der Waals surface area contributed by atoms with E-state index in [2.05, 4.69) is 10.6 Å². The lowest BCUT2D eigenvalue weighted by Crippen LogP contribution is -2.37. The minimum atomic E-state index is -0.275. The van der Waals surface area contributed by atoms with E-state index in [1.807, 2.05) is 0 Å². The normalized spacial score (nSPS) is 16.9. The van der Waals surface area contributed by atoms with Crippen molar-refractivity contribution in [1.29, 1.82) is 0 Å². The van der Waals surface area contributed by atoms with Gasteiger partial charge >= 0.3 is 0 Å². The first kappa shape index (κ1) is 13.3. The lowest BCUT2D eigenvalue weighted by Gasteiger charge is -2.19. The molecule has 0 heterocycles. The number of anilines is 1. The molecular weight excluding hydrogens is 247 g/mol. The van der Waals surface area contributed by atoms with Gasteiger partial charge in [-0.2, -0.15) is 0 Å². The summed E-state index contributed by atoms with van der Waals surface area (Å²) in [5.41, 5.74) is 0.434. The molecule has 0 saturated heterocycles. The summed E-state index contributed by atoms with van der Waals surface area (Å²) in [7, 11) is 0. The van der Waals surface area contributed by atoms with Gasteiger partial charge in [0.25, 0.3) is 0 Å². The fourth-order valence-electron chi connectivity index (χ4n) is 2.33. The lowest BCUT2D eigenvalue weighted by atomic mass is 10.1. The van der Waals surface area contributed by atoms with Crippen molar-refractivity contribution < 1.29 is 4.39 Å². The fraction of sp³-hybridized carbons (Fsp3) is 0.500. The van der Waals surface area contributed by atoms with Crippen LogP contribution in [0.3, 0.4) is 0 Å². The average Bonchev–Trinajstić information content (AvgIpc) is 2.61. The number of rotatable bonds is 2. The lowest BCUT2D eigenvalue weighted by molar-refractivity contribution is 0.535. The molecule has 0 spiro atoms. The highest BCUT2D eigenvalue weighted by Gasteiger charge is 2.13. The Morgan fingerprint density at radius 3 is 2.44 bits per heavy atom. The zero-order valence-electron chi connectivity index (χ0n) is 10.4. The Morgan fingerprint density at radius 2 is 1.78 bits per heavy atom. The molecule has 2 N–H and O–H groups in total. The Kier molecular flexibility index (Phi) is 4.93. The molecule has 1 aromatic rings. The average molecular weight is 266 g/mol. The molecule has 1 fully saturated rings. The maximum atomic E-state index is 13.4. The van der Waals surface area contributed by atoms with Crippen molar-refractivity contribution in [3.05, 3.63) is 30.1 Å². The highest BCUT2D eigenvalue weighted by atomic mass is 32.1. The molecule has 0 atom stereocenters. The zero-order valence-corrected chi connectivity index (χ0v) is 11.2. The molecule has 2 rings (SSSR count). The van der Waals surface area contributed by atoms with Crippen molar-refractivity contribution in [3.63, 3.8) is 0 Å². The van der Waals surface area contributed by atoms with Crippen LogP contribution in [0, 0.1) is 5.82 Å². The maximum Gasteiger partial charge on any atom is 0.171 e. The Bertz CT molecular complexity index is 401. The molecule has 0 aromatic heterocycles. The van der Waals surface area contributed by atoms with E-state index in [0.717, 1.165) is 12.8 Å². The molecule has 0 aliphatic heterocycles. The quantitative estimate of drug-likeness (QED) is 0.628. The van der Waals surface area contributed by atoms with E-state index >= 15 is 0 Å². The van der Waals surface area contributed by atoms with Crippen molar-refractivity contribution in [2.45, 2.75) is 44.6 Å². The van der Waals surface area contributed by atoms with Crippen LogP contribution in [0.25, 0.3) is 0 Å². The fourth-order valence-corrected chi connectivity index (χ4v) is 2.61. The van der Waals surface area contributed by atoms with Gasteiger partial charge in [-0.15, -0.1) is 0 Å². The minimum absolute atomic E-state index is 0.275. The molecule has 0 unspecified atom stereocenters. The second-order valence-corrected chi connectivity index (χ2v) is 5.18. The third kappa shape index (κ3) is 3.95. The van der Waals surface area contributed by atoms with Crippen LogP contribution in [0.4, 0.5) is 10.1 Å². The van der Waals surface area contributed by atoms with Gasteiger partial charge in [0, 0.05) is 6.04 Å². The second-order valence-electron chi connectivity index (χ2n) is 4.77. The standard InChI is InChI=1S/C14H19FN2S/c15-12-9-5-6-10-13(12)17-14(18)16-11-7-3-1-2-4-8-11/h5-6,9-11H,1-4,7-8H2,(H2,16,17,18).